The molecule has 1 heterocycles. The van der Waals surface area contributed by atoms with Gasteiger partial charge < -0.3 is 30.9 Å². The number of hydrogen-bond donors (Lipinski definition) is 4. The molecule has 8 heteroatoms. The van der Waals surface area contributed by atoms with Crippen molar-refractivity contribution < 1.29 is 24.2 Å². The number of fused-ring (bicyclic) bond motifs is 3. The molecule has 0 aromatic heterocycles. The van der Waals surface area contributed by atoms with Gasteiger partial charge in [0.25, 0.3) is 11.8 Å². The van der Waals surface area contributed by atoms with Gasteiger partial charge in [-0.3, -0.25) is 9.59 Å². The Hall–Kier alpha value is -4.92. The van der Waals surface area contributed by atoms with Crippen LogP contribution in [0.25, 0.3) is 11.1 Å². The average molecular weight is 618 g/mol. The monoisotopic (exact) mass is 617 g/mol. The first-order chi connectivity index (χ1) is 22.5. The van der Waals surface area contributed by atoms with E-state index in [2.05, 4.69) is 53.1 Å². The van der Waals surface area contributed by atoms with E-state index in [1.165, 1.54) is 22.3 Å². The first-order valence-corrected chi connectivity index (χ1v) is 15.8. The number of nitrogen functional groups attached to an aromatic ring is 1. The van der Waals surface area contributed by atoms with Crippen LogP contribution in [-0.2, 0) is 27.2 Å². The summed E-state index contributed by atoms with van der Waals surface area (Å²) in [5, 5.41) is 15.5. The van der Waals surface area contributed by atoms with E-state index in [1.54, 1.807) is 36.4 Å². The van der Waals surface area contributed by atoms with Gasteiger partial charge in [0, 0.05) is 37.2 Å². The zero-order valence-electron chi connectivity index (χ0n) is 25.9. The molecule has 2 amide bonds. The minimum absolute atomic E-state index is 0.0677. The van der Waals surface area contributed by atoms with Gasteiger partial charge in [-0.15, -0.1) is 0 Å². The van der Waals surface area contributed by atoms with Crippen molar-refractivity contribution in [2.75, 3.05) is 24.3 Å². The summed E-state index contributed by atoms with van der Waals surface area (Å²) in [6, 6.07) is 29.0. The Morgan fingerprint density at radius 1 is 0.935 bits per heavy atom. The molecule has 2 aliphatic rings. The molecule has 0 radical (unpaired) electrons. The second-order valence-electron chi connectivity index (χ2n) is 11.7. The highest BCUT2D eigenvalue weighted by atomic mass is 16.7. The minimum atomic E-state index is -0.636. The van der Waals surface area contributed by atoms with Crippen LogP contribution in [0.4, 0.5) is 11.4 Å². The van der Waals surface area contributed by atoms with Crippen LogP contribution in [0.1, 0.15) is 58.3 Å². The van der Waals surface area contributed by atoms with Crippen molar-refractivity contribution >= 4 is 23.2 Å². The first-order valence-electron chi connectivity index (χ1n) is 15.8. The molecule has 1 aliphatic heterocycles. The van der Waals surface area contributed by atoms with Gasteiger partial charge in [-0.2, -0.15) is 0 Å². The van der Waals surface area contributed by atoms with Gasteiger partial charge in [-0.05, 0) is 89.9 Å². The van der Waals surface area contributed by atoms with E-state index in [9.17, 15) is 14.7 Å². The number of benzene rings is 4. The van der Waals surface area contributed by atoms with Gasteiger partial charge in [-0.1, -0.05) is 66.7 Å². The quantitative estimate of drug-likeness (QED) is 0.132. The van der Waals surface area contributed by atoms with Crippen LogP contribution in [0.3, 0.4) is 0 Å². The summed E-state index contributed by atoms with van der Waals surface area (Å²) in [6.07, 6.45) is 3.40. The molecule has 8 nitrogen and oxygen atoms in total. The SMILES string of the molecule is CCOC1OC(C(=O)NCc2ccc(C(=O)Nc3ccccc3N)cc2)=CC(c2cccc3c2Cc2ccccc2-3)C1CCCO. The molecule has 0 spiro atoms. The van der Waals surface area contributed by atoms with Gasteiger partial charge >= 0.3 is 0 Å². The van der Waals surface area contributed by atoms with Crippen LogP contribution in [0.15, 0.2) is 103 Å². The topological polar surface area (TPSA) is 123 Å². The fourth-order valence-electron chi connectivity index (χ4n) is 6.46. The number of rotatable bonds is 11. The summed E-state index contributed by atoms with van der Waals surface area (Å²) < 4.78 is 12.3. The second kappa shape index (κ2) is 14.0. The molecule has 0 saturated carbocycles. The number of para-hydroxylation sites is 2. The van der Waals surface area contributed by atoms with Crippen LogP contribution >= 0.6 is 0 Å². The molecule has 3 atom stereocenters. The Kier molecular flexibility index (Phi) is 9.47. The normalized spacial score (nSPS) is 18.1. The van der Waals surface area contributed by atoms with Crippen LogP contribution in [0.5, 0.6) is 0 Å². The lowest BCUT2D eigenvalue weighted by Crippen LogP contribution is -2.39. The van der Waals surface area contributed by atoms with Crippen molar-refractivity contribution in [2.45, 2.75) is 44.9 Å². The van der Waals surface area contributed by atoms with Crippen LogP contribution in [-0.4, -0.2) is 36.4 Å². The van der Waals surface area contributed by atoms with E-state index in [0.29, 0.717) is 36.4 Å². The van der Waals surface area contributed by atoms with E-state index in [1.807, 2.05) is 25.1 Å². The highest BCUT2D eigenvalue weighted by Crippen LogP contribution is 2.46. The zero-order chi connectivity index (χ0) is 32.0. The second-order valence-corrected chi connectivity index (χ2v) is 11.7. The number of amides is 2. The van der Waals surface area contributed by atoms with Crippen LogP contribution in [0.2, 0.25) is 0 Å². The Bertz CT molecular complexity index is 1750. The molecule has 6 rings (SSSR count). The first kappa shape index (κ1) is 31.1. The summed E-state index contributed by atoms with van der Waals surface area (Å²) in [6.45, 7) is 2.66. The van der Waals surface area contributed by atoms with Crippen molar-refractivity contribution in [3.8, 4) is 11.1 Å². The highest BCUT2D eigenvalue weighted by molar-refractivity contribution is 6.05. The third kappa shape index (κ3) is 6.54. The summed E-state index contributed by atoms with van der Waals surface area (Å²) in [5.41, 5.74) is 14.5. The lowest BCUT2D eigenvalue weighted by atomic mass is 9.78. The number of hydrogen-bond acceptors (Lipinski definition) is 6. The molecular weight excluding hydrogens is 578 g/mol. The van der Waals surface area contributed by atoms with Gasteiger partial charge in [0.1, 0.15) is 0 Å². The standard InChI is InChI=1S/C38H39N3O5/c1-2-45-38-30(13-8-20-42)32(29-12-7-11-28-27-10-4-3-9-26(27)21-31(28)29)22-35(46-38)37(44)40-23-24-16-18-25(19-17-24)36(43)41-34-15-6-5-14-33(34)39/h3-7,9-12,14-19,22,30,32,38,42H,2,8,13,20-21,23,39H2,1H3,(H,40,44)(H,41,43). The van der Waals surface area contributed by atoms with E-state index >= 15 is 0 Å². The number of carbonyl (C=O) groups is 2. The largest absolute Gasteiger partial charge is 0.459 e. The lowest BCUT2D eigenvalue weighted by Gasteiger charge is -2.37. The van der Waals surface area contributed by atoms with E-state index in [-0.39, 0.29) is 42.6 Å². The number of nitrogens with two attached hydrogens (primary N) is 1. The summed E-state index contributed by atoms with van der Waals surface area (Å²) >= 11 is 0. The number of allylic oxidation sites excluding steroid dienone is 1. The molecule has 0 bridgehead atoms. The Labute approximate surface area is 269 Å². The number of aliphatic hydroxyl groups is 1. The summed E-state index contributed by atoms with van der Waals surface area (Å²) in [4.78, 5) is 26.3. The molecule has 5 N–H and O–H groups in total. The maximum absolute atomic E-state index is 13.6. The van der Waals surface area contributed by atoms with E-state index in [4.69, 9.17) is 15.2 Å². The molecule has 4 aromatic carbocycles. The molecule has 3 unspecified atom stereocenters. The minimum Gasteiger partial charge on any atom is -0.459 e. The van der Waals surface area contributed by atoms with Gasteiger partial charge in [-0.25, -0.2) is 0 Å². The Morgan fingerprint density at radius 3 is 2.48 bits per heavy atom. The van der Waals surface area contributed by atoms with Crippen molar-refractivity contribution in [3.63, 3.8) is 0 Å². The lowest BCUT2D eigenvalue weighted by molar-refractivity contribution is -0.166. The molecule has 1 aliphatic carbocycles. The fraction of sp³-hybridized carbons (Fsp3) is 0.263. The zero-order valence-corrected chi connectivity index (χ0v) is 25.9. The number of carbonyl (C=O) groups excluding carboxylic acids is 2. The number of anilines is 2. The van der Waals surface area contributed by atoms with Crippen molar-refractivity contribution in [3.05, 3.63) is 131 Å². The smallest absolute Gasteiger partial charge is 0.286 e. The fourth-order valence-corrected chi connectivity index (χ4v) is 6.46. The van der Waals surface area contributed by atoms with Crippen molar-refractivity contribution in [2.24, 2.45) is 5.92 Å². The van der Waals surface area contributed by atoms with Crippen molar-refractivity contribution in [1.29, 1.82) is 0 Å². The maximum Gasteiger partial charge on any atom is 0.286 e. The number of ether oxygens (including phenoxy) is 2. The molecule has 46 heavy (non-hydrogen) atoms. The average Bonchev–Trinajstić information content (AvgIpc) is 3.47. The molecule has 4 aromatic rings. The van der Waals surface area contributed by atoms with Crippen molar-refractivity contribution in [1.82, 2.24) is 5.32 Å². The molecule has 236 valence electrons. The van der Waals surface area contributed by atoms with Gasteiger partial charge in [0.05, 0.1) is 11.4 Å². The predicted molar refractivity (Wildman–Crippen MR) is 179 cm³/mol. The Morgan fingerprint density at radius 2 is 1.70 bits per heavy atom. The highest BCUT2D eigenvalue weighted by Gasteiger charge is 2.39. The third-order valence-corrected chi connectivity index (χ3v) is 8.76. The molecule has 0 fully saturated rings. The molecule has 0 saturated heterocycles. The maximum atomic E-state index is 13.6. The Balaban J connectivity index is 1.21. The van der Waals surface area contributed by atoms with Gasteiger partial charge in [0.15, 0.2) is 5.76 Å². The molecular formula is C38H39N3O5. The van der Waals surface area contributed by atoms with Gasteiger partial charge in [0.2, 0.25) is 6.29 Å². The van der Waals surface area contributed by atoms with Crippen LogP contribution < -0.4 is 16.4 Å². The number of nitrogens with one attached hydrogen (secondary N) is 2. The van der Waals surface area contributed by atoms with Crippen LogP contribution in [0, 0.1) is 5.92 Å². The summed E-state index contributed by atoms with van der Waals surface area (Å²) in [5.74, 6) is -0.614. The van der Waals surface area contributed by atoms with E-state index < -0.39 is 6.29 Å². The van der Waals surface area contributed by atoms with E-state index in [0.717, 1.165) is 17.5 Å². The number of aliphatic hydroxyl groups excluding tert-OH is 1. The third-order valence-electron chi connectivity index (χ3n) is 8.76. The predicted octanol–water partition coefficient (Wildman–Crippen LogP) is 6.16. The summed E-state index contributed by atoms with van der Waals surface area (Å²) in [7, 11) is 0.